The summed E-state index contributed by atoms with van der Waals surface area (Å²) in [7, 11) is 0. The predicted octanol–water partition coefficient (Wildman–Crippen LogP) is 13.4. The molecule has 0 radical (unpaired) electrons. The van der Waals surface area contributed by atoms with E-state index >= 15 is 0 Å². The maximum Gasteiger partial charge on any atom is 0.460 e. The molecule has 0 aliphatic carbocycles. The Hall–Kier alpha value is -1.97. The van der Waals surface area contributed by atoms with Gasteiger partial charge in [0.15, 0.2) is 6.61 Å². The minimum Gasteiger partial charge on any atom is -0.465 e. The fourth-order valence-corrected chi connectivity index (χ4v) is 3.43. The van der Waals surface area contributed by atoms with Gasteiger partial charge < -0.3 is 9.47 Å². The van der Waals surface area contributed by atoms with Gasteiger partial charge in [0.1, 0.15) is 0 Å². The second-order valence-corrected chi connectivity index (χ2v) is 11.1. The van der Waals surface area contributed by atoms with Gasteiger partial charge in [-0.25, -0.2) is 0 Å². The van der Waals surface area contributed by atoms with Gasteiger partial charge in [-0.3, -0.25) is 9.59 Å². The number of alkyl halides is 13. The van der Waals surface area contributed by atoms with E-state index < -0.39 is 54.3 Å². The van der Waals surface area contributed by atoms with E-state index in [1.165, 1.54) is 64.7 Å². The number of unbranched alkanes of at least 4 members (excludes halogenated alkanes) is 9. The van der Waals surface area contributed by atoms with E-state index in [2.05, 4.69) is 11.7 Å². The number of halogens is 13. The standard InChI is InChI=1S/C17H34O2.C12H11F13O2.4CH4/c1-4-6-7-8-9-10-11-12-13-14-15-19-17(18)16(3)5-2;1-3-5(2)6(26)27-4-7(13,14)8(15,16)9(17,18)10(19,20)11(21,22)12(23,24)25;;;;/h16H,4-15H2,1-3H3;5H,3-4H2,1-2H3;4*1H4. The molecule has 0 rings (SSSR count). The zero-order valence-electron chi connectivity index (χ0n) is 26.6. The Morgan fingerprint density at radius 3 is 1.14 bits per heavy atom. The normalized spacial score (nSPS) is 13.5. The first-order chi connectivity index (χ1) is 20.8. The minimum atomic E-state index is -7.97. The molecule has 0 aromatic carbocycles. The van der Waals surface area contributed by atoms with Crippen molar-refractivity contribution in [2.45, 2.75) is 177 Å². The first-order valence-corrected chi connectivity index (χ1v) is 15.1. The summed E-state index contributed by atoms with van der Waals surface area (Å²) >= 11 is 0. The van der Waals surface area contributed by atoms with Crippen LogP contribution in [-0.2, 0) is 19.1 Å². The zero-order chi connectivity index (χ0) is 36.6. The third-order valence-electron chi connectivity index (χ3n) is 7.17. The Kier molecular flexibility index (Phi) is 31.1. The lowest BCUT2D eigenvalue weighted by atomic mass is 9.94. The Labute approximate surface area is 290 Å². The molecular weight excluding hydrogens is 707 g/mol. The summed E-state index contributed by atoms with van der Waals surface area (Å²) in [4.78, 5) is 22.5. The first-order valence-electron chi connectivity index (χ1n) is 15.1. The van der Waals surface area contributed by atoms with Crippen LogP contribution in [0.1, 0.15) is 141 Å². The monoisotopic (exact) mass is 768 g/mol. The van der Waals surface area contributed by atoms with Crippen molar-refractivity contribution in [3.8, 4) is 0 Å². The molecule has 0 fully saturated rings. The first kappa shape index (κ1) is 60.1. The zero-order valence-corrected chi connectivity index (χ0v) is 26.6. The van der Waals surface area contributed by atoms with E-state index in [4.69, 9.17) is 4.74 Å². The molecule has 308 valence electrons. The number of ether oxygens (including phenoxy) is 2. The summed E-state index contributed by atoms with van der Waals surface area (Å²) in [6.07, 6.45) is 6.44. The fraction of sp³-hybridized carbons (Fsp3) is 0.939. The topological polar surface area (TPSA) is 52.6 Å². The van der Waals surface area contributed by atoms with E-state index in [1.807, 2.05) is 13.8 Å². The molecule has 2 unspecified atom stereocenters. The van der Waals surface area contributed by atoms with E-state index in [-0.39, 0.29) is 48.0 Å². The largest absolute Gasteiger partial charge is 0.465 e. The van der Waals surface area contributed by atoms with Crippen LogP contribution in [-0.4, -0.2) is 60.9 Å². The molecule has 0 N–H and O–H groups in total. The van der Waals surface area contributed by atoms with Gasteiger partial charge in [-0.05, 0) is 19.3 Å². The van der Waals surface area contributed by atoms with E-state index in [0.29, 0.717) is 6.61 Å². The maximum atomic E-state index is 13.3. The highest BCUT2D eigenvalue weighted by atomic mass is 19.4. The van der Waals surface area contributed by atoms with Crippen LogP contribution in [0.25, 0.3) is 0 Å². The Morgan fingerprint density at radius 2 is 0.800 bits per heavy atom. The molecule has 17 heteroatoms. The fourth-order valence-electron chi connectivity index (χ4n) is 3.43. The average Bonchev–Trinajstić information content (AvgIpc) is 2.96. The predicted molar refractivity (Wildman–Crippen MR) is 170 cm³/mol. The molecular formula is C33H61F13O4. The number of hydrogen-bond acceptors (Lipinski definition) is 4. The van der Waals surface area contributed by atoms with Gasteiger partial charge in [0, 0.05) is 0 Å². The van der Waals surface area contributed by atoms with E-state index in [9.17, 15) is 66.7 Å². The van der Waals surface area contributed by atoms with Crippen molar-refractivity contribution in [1.82, 2.24) is 0 Å². The third kappa shape index (κ3) is 17.0. The molecule has 0 amide bonds. The van der Waals surface area contributed by atoms with Gasteiger partial charge in [-0.1, -0.05) is 122 Å². The second-order valence-electron chi connectivity index (χ2n) is 11.1. The van der Waals surface area contributed by atoms with Gasteiger partial charge in [-0.15, -0.1) is 0 Å². The lowest BCUT2D eigenvalue weighted by molar-refractivity contribution is -0.441. The lowest BCUT2D eigenvalue weighted by Gasteiger charge is -2.39. The van der Waals surface area contributed by atoms with Crippen LogP contribution < -0.4 is 0 Å². The molecule has 0 heterocycles. The summed E-state index contributed by atoms with van der Waals surface area (Å²) in [5.41, 5.74) is 0. The molecule has 50 heavy (non-hydrogen) atoms. The van der Waals surface area contributed by atoms with E-state index in [0.717, 1.165) is 19.8 Å². The number of carbonyl (C=O) groups is 2. The number of hydrogen-bond donors (Lipinski definition) is 0. The number of esters is 2. The van der Waals surface area contributed by atoms with Crippen LogP contribution in [0.5, 0.6) is 0 Å². The highest BCUT2D eigenvalue weighted by molar-refractivity contribution is 5.72. The van der Waals surface area contributed by atoms with Crippen LogP contribution in [0.2, 0.25) is 0 Å². The van der Waals surface area contributed by atoms with Gasteiger partial charge >= 0.3 is 47.7 Å². The summed E-state index contributed by atoms with van der Waals surface area (Å²) in [5.74, 6) is -40.3. The van der Waals surface area contributed by atoms with Crippen LogP contribution in [0.15, 0.2) is 0 Å². The lowest BCUT2D eigenvalue weighted by Crippen LogP contribution is -2.70. The molecule has 0 bridgehead atoms. The van der Waals surface area contributed by atoms with Gasteiger partial charge in [0.2, 0.25) is 0 Å². The van der Waals surface area contributed by atoms with E-state index in [1.54, 1.807) is 0 Å². The maximum absolute atomic E-state index is 13.3. The van der Waals surface area contributed by atoms with Crippen molar-refractivity contribution >= 4 is 11.9 Å². The minimum absolute atomic E-state index is 0. The van der Waals surface area contributed by atoms with Crippen LogP contribution >= 0.6 is 0 Å². The molecule has 0 aromatic rings. The smallest absolute Gasteiger partial charge is 0.460 e. The molecule has 0 saturated heterocycles. The highest BCUT2D eigenvalue weighted by Gasteiger charge is 2.90. The van der Waals surface area contributed by atoms with Crippen LogP contribution in [0.4, 0.5) is 57.1 Å². The molecule has 4 nitrogen and oxygen atoms in total. The Balaban J connectivity index is -0.000000188. The molecule has 0 spiro atoms. The SMILES string of the molecule is C.C.C.C.CCC(C)C(=O)OCC(F)(F)C(F)(F)C(F)(F)C(F)(F)C(F)(F)C(F)(F)F.CCCCCCCCCCCCOC(=O)C(C)CC. The van der Waals surface area contributed by atoms with Crippen LogP contribution in [0.3, 0.4) is 0 Å². The number of carbonyl (C=O) groups excluding carboxylic acids is 2. The summed E-state index contributed by atoms with van der Waals surface area (Å²) in [5, 5.41) is 0. The Morgan fingerprint density at radius 1 is 0.480 bits per heavy atom. The molecule has 0 aromatic heterocycles. The number of rotatable bonds is 21. The van der Waals surface area contributed by atoms with Crippen LogP contribution in [0, 0.1) is 11.8 Å². The molecule has 0 aliphatic rings. The highest BCUT2D eigenvalue weighted by Crippen LogP contribution is 2.60. The van der Waals surface area contributed by atoms with Crippen molar-refractivity contribution in [1.29, 1.82) is 0 Å². The Bertz CT molecular complexity index is 880. The van der Waals surface area contributed by atoms with Crippen molar-refractivity contribution in [2.24, 2.45) is 11.8 Å². The molecule has 0 saturated carbocycles. The molecule has 2 atom stereocenters. The summed E-state index contributed by atoms with van der Waals surface area (Å²) < 4.78 is 175. The third-order valence-corrected chi connectivity index (χ3v) is 7.17. The van der Waals surface area contributed by atoms with Gasteiger partial charge in [-0.2, -0.15) is 57.1 Å². The van der Waals surface area contributed by atoms with Gasteiger partial charge in [0.25, 0.3) is 0 Å². The van der Waals surface area contributed by atoms with Crippen molar-refractivity contribution in [3.05, 3.63) is 0 Å². The van der Waals surface area contributed by atoms with Crippen molar-refractivity contribution in [2.75, 3.05) is 13.2 Å². The summed E-state index contributed by atoms with van der Waals surface area (Å²) in [6.45, 7) is 6.16. The van der Waals surface area contributed by atoms with Crippen molar-refractivity contribution < 1.29 is 76.1 Å². The van der Waals surface area contributed by atoms with Gasteiger partial charge in [0.05, 0.1) is 18.4 Å². The molecule has 0 aliphatic heterocycles. The quantitative estimate of drug-likeness (QED) is 0.0663. The van der Waals surface area contributed by atoms with Crippen molar-refractivity contribution in [3.63, 3.8) is 0 Å². The average molecular weight is 769 g/mol. The second kappa shape index (κ2) is 25.9. The summed E-state index contributed by atoms with van der Waals surface area (Å²) in [6, 6.07) is 0.